The summed E-state index contributed by atoms with van der Waals surface area (Å²) < 4.78 is 10.5. The number of nitrogens with two attached hydrogens (primary N) is 1. The Balaban J connectivity index is 2.79. The molecule has 3 N–H and O–H groups in total. The van der Waals surface area contributed by atoms with Gasteiger partial charge in [0.05, 0.1) is 19.3 Å². The second kappa shape index (κ2) is 8.43. The van der Waals surface area contributed by atoms with Crippen molar-refractivity contribution < 1.29 is 14.3 Å². The van der Waals surface area contributed by atoms with Gasteiger partial charge in [-0.05, 0) is 25.5 Å². The summed E-state index contributed by atoms with van der Waals surface area (Å²) in [6.45, 7) is 4.99. The first kappa shape index (κ1) is 16.3. The lowest BCUT2D eigenvalue weighted by Gasteiger charge is -2.17. The van der Waals surface area contributed by atoms with E-state index in [0.717, 1.165) is 12.8 Å². The van der Waals surface area contributed by atoms with Gasteiger partial charge < -0.3 is 20.5 Å². The van der Waals surface area contributed by atoms with Crippen LogP contribution in [0.15, 0.2) is 18.2 Å². The minimum Gasteiger partial charge on any atom is -0.494 e. The molecule has 0 radical (unpaired) electrons. The zero-order valence-electron chi connectivity index (χ0n) is 12.4. The fourth-order valence-electron chi connectivity index (χ4n) is 2.02. The molecule has 5 nitrogen and oxygen atoms in total. The number of rotatable bonds is 8. The second-order valence-corrected chi connectivity index (χ2v) is 4.64. The zero-order valence-corrected chi connectivity index (χ0v) is 12.4. The molecule has 0 saturated carbocycles. The summed E-state index contributed by atoms with van der Waals surface area (Å²) >= 11 is 0. The van der Waals surface area contributed by atoms with Crippen molar-refractivity contribution in [3.05, 3.63) is 23.8 Å². The van der Waals surface area contributed by atoms with E-state index >= 15 is 0 Å². The topological polar surface area (TPSA) is 73.6 Å². The maximum atomic E-state index is 12.2. The Kier molecular flexibility index (Phi) is 6.87. The molecule has 1 atom stereocenters. The molecule has 0 aromatic heterocycles. The summed E-state index contributed by atoms with van der Waals surface area (Å²) in [5.41, 5.74) is 6.81. The van der Waals surface area contributed by atoms with Crippen LogP contribution < -0.4 is 15.8 Å². The SMILES string of the molecule is CCCC(COC)NC(=O)c1cc(N)cc(OCC)c1. The van der Waals surface area contributed by atoms with E-state index in [1.165, 1.54) is 0 Å². The van der Waals surface area contributed by atoms with E-state index in [4.69, 9.17) is 15.2 Å². The molecule has 0 saturated heterocycles. The highest BCUT2D eigenvalue weighted by Crippen LogP contribution is 2.19. The van der Waals surface area contributed by atoms with Crippen molar-refractivity contribution in [2.24, 2.45) is 0 Å². The molecule has 112 valence electrons. The monoisotopic (exact) mass is 280 g/mol. The maximum Gasteiger partial charge on any atom is 0.251 e. The highest BCUT2D eigenvalue weighted by Gasteiger charge is 2.14. The molecule has 0 spiro atoms. The van der Waals surface area contributed by atoms with E-state index in [2.05, 4.69) is 12.2 Å². The van der Waals surface area contributed by atoms with Crippen molar-refractivity contribution in [1.29, 1.82) is 0 Å². The Labute approximate surface area is 120 Å². The zero-order chi connectivity index (χ0) is 15.0. The first-order chi connectivity index (χ1) is 9.60. The molecule has 0 aliphatic rings. The molecular formula is C15H24N2O3. The van der Waals surface area contributed by atoms with Crippen LogP contribution in [0.4, 0.5) is 5.69 Å². The number of amides is 1. The van der Waals surface area contributed by atoms with E-state index in [-0.39, 0.29) is 11.9 Å². The van der Waals surface area contributed by atoms with Gasteiger partial charge in [0.1, 0.15) is 5.75 Å². The average Bonchev–Trinajstić information content (AvgIpc) is 2.39. The van der Waals surface area contributed by atoms with Crippen molar-refractivity contribution in [1.82, 2.24) is 5.32 Å². The number of methoxy groups -OCH3 is 1. The van der Waals surface area contributed by atoms with Gasteiger partial charge in [0.2, 0.25) is 0 Å². The molecule has 1 amide bonds. The number of carbonyl (C=O) groups is 1. The minimum atomic E-state index is -0.159. The van der Waals surface area contributed by atoms with E-state index in [0.29, 0.717) is 30.2 Å². The fourth-order valence-corrected chi connectivity index (χ4v) is 2.02. The quantitative estimate of drug-likeness (QED) is 0.716. The van der Waals surface area contributed by atoms with Crippen LogP contribution >= 0.6 is 0 Å². The summed E-state index contributed by atoms with van der Waals surface area (Å²) in [7, 11) is 1.63. The van der Waals surface area contributed by atoms with Crippen LogP contribution in [-0.2, 0) is 4.74 Å². The van der Waals surface area contributed by atoms with E-state index in [9.17, 15) is 4.79 Å². The molecule has 0 aliphatic carbocycles. The highest BCUT2D eigenvalue weighted by molar-refractivity contribution is 5.95. The van der Waals surface area contributed by atoms with Crippen molar-refractivity contribution in [2.75, 3.05) is 26.1 Å². The molecule has 1 rings (SSSR count). The maximum absolute atomic E-state index is 12.2. The van der Waals surface area contributed by atoms with Crippen molar-refractivity contribution in [2.45, 2.75) is 32.7 Å². The number of benzene rings is 1. The molecule has 1 aromatic rings. The summed E-state index contributed by atoms with van der Waals surface area (Å²) in [5, 5.41) is 2.96. The van der Waals surface area contributed by atoms with Gasteiger partial charge in [-0.1, -0.05) is 13.3 Å². The summed E-state index contributed by atoms with van der Waals surface area (Å²) in [6, 6.07) is 5.06. The Morgan fingerprint density at radius 1 is 1.35 bits per heavy atom. The van der Waals surface area contributed by atoms with Crippen molar-refractivity contribution in [3.63, 3.8) is 0 Å². The number of nitrogen functional groups attached to an aromatic ring is 1. The summed E-state index contributed by atoms with van der Waals surface area (Å²) in [6.07, 6.45) is 1.86. The number of hydrogen-bond donors (Lipinski definition) is 2. The molecule has 1 unspecified atom stereocenters. The molecule has 0 heterocycles. The Morgan fingerprint density at radius 3 is 2.70 bits per heavy atom. The lowest BCUT2D eigenvalue weighted by molar-refractivity contribution is 0.0891. The molecule has 0 fully saturated rings. The van der Waals surface area contributed by atoms with Crippen LogP contribution in [0.5, 0.6) is 5.75 Å². The molecule has 5 heteroatoms. The van der Waals surface area contributed by atoms with Gasteiger partial charge in [0.15, 0.2) is 0 Å². The third-order valence-electron chi connectivity index (χ3n) is 2.84. The summed E-state index contributed by atoms with van der Waals surface area (Å²) in [5.74, 6) is 0.449. The van der Waals surface area contributed by atoms with Gasteiger partial charge in [-0.25, -0.2) is 0 Å². The predicted molar refractivity (Wildman–Crippen MR) is 80.1 cm³/mol. The molecule has 20 heavy (non-hydrogen) atoms. The largest absolute Gasteiger partial charge is 0.494 e. The molecule has 0 bridgehead atoms. The number of hydrogen-bond acceptors (Lipinski definition) is 4. The Morgan fingerprint density at radius 2 is 2.10 bits per heavy atom. The van der Waals surface area contributed by atoms with Crippen LogP contribution in [0, 0.1) is 0 Å². The third-order valence-corrected chi connectivity index (χ3v) is 2.84. The van der Waals surface area contributed by atoms with E-state index < -0.39 is 0 Å². The van der Waals surface area contributed by atoms with Crippen molar-refractivity contribution >= 4 is 11.6 Å². The smallest absolute Gasteiger partial charge is 0.251 e. The number of carbonyl (C=O) groups excluding carboxylic acids is 1. The van der Waals surface area contributed by atoms with Crippen LogP contribution in [0.2, 0.25) is 0 Å². The minimum absolute atomic E-state index is 0.00877. The van der Waals surface area contributed by atoms with E-state index in [1.807, 2.05) is 6.92 Å². The van der Waals surface area contributed by atoms with E-state index in [1.54, 1.807) is 25.3 Å². The van der Waals surface area contributed by atoms with Gasteiger partial charge in [-0.15, -0.1) is 0 Å². The van der Waals surface area contributed by atoms with Crippen LogP contribution in [0.3, 0.4) is 0 Å². The highest BCUT2D eigenvalue weighted by atomic mass is 16.5. The number of ether oxygens (including phenoxy) is 2. The van der Waals surface area contributed by atoms with Gasteiger partial charge in [-0.3, -0.25) is 4.79 Å². The average molecular weight is 280 g/mol. The Hall–Kier alpha value is -1.75. The van der Waals surface area contributed by atoms with Gasteiger partial charge in [-0.2, -0.15) is 0 Å². The van der Waals surface area contributed by atoms with Crippen LogP contribution in [0.25, 0.3) is 0 Å². The van der Waals surface area contributed by atoms with Crippen LogP contribution in [0.1, 0.15) is 37.0 Å². The lowest BCUT2D eigenvalue weighted by Crippen LogP contribution is -2.37. The molecular weight excluding hydrogens is 256 g/mol. The van der Waals surface area contributed by atoms with Crippen molar-refractivity contribution in [3.8, 4) is 5.75 Å². The predicted octanol–water partition coefficient (Wildman–Crippen LogP) is 2.21. The van der Waals surface area contributed by atoms with Gasteiger partial charge in [0, 0.05) is 24.4 Å². The summed E-state index contributed by atoms with van der Waals surface area (Å²) in [4.78, 5) is 12.2. The van der Waals surface area contributed by atoms with Gasteiger partial charge in [0.25, 0.3) is 5.91 Å². The lowest BCUT2D eigenvalue weighted by atomic mass is 10.1. The van der Waals surface area contributed by atoms with Crippen LogP contribution in [-0.4, -0.2) is 32.3 Å². The second-order valence-electron chi connectivity index (χ2n) is 4.64. The number of anilines is 1. The Bertz CT molecular complexity index is 429. The molecule has 1 aromatic carbocycles. The number of nitrogens with one attached hydrogen (secondary N) is 1. The first-order valence-corrected chi connectivity index (χ1v) is 6.93. The first-order valence-electron chi connectivity index (χ1n) is 6.93. The third kappa shape index (κ3) is 5.09. The fraction of sp³-hybridized carbons (Fsp3) is 0.533. The standard InChI is InChI=1S/C15H24N2O3/c1-4-6-13(10-19-3)17-15(18)11-7-12(16)9-14(8-11)20-5-2/h7-9,13H,4-6,10,16H2,1-3H3,(H,17,18). The van der Waals surface area contributed by atoms with Gasteiger partial charge >= 0.3 is 0 Å². The molecule has 0 aliphatic heterocycles. The normalized spacial score (nSPS) is 11.9.